The molecule has 0 saturated carbocycles. The first-order valence-corrected chi connectivity index (χ1v) is 9.02. The third kappa shape index (κ3) is 3.34. The topological polar surface area (TPSA) is 74.2 Å². The Morgan fingerprint density at radius 1 is 1.00 bits per heavy atom. The van der Waals surface area contributed by atoms with Crippen LogP contribution in [0.3, 0.4) is 0 Å². The molecule has 0 saturated heterocycles. The molecule has 0 spiro atoms. The van der Waals surface area contributed by atoms with E-state index in [1.54, 1.807) is 0 Å². The molecule has 2 aromatic carbocycles. The minimum atomic E-state index is 0.192. The highest BCUT2D eigenvalue weighted by Gasteiger charge is 2.22. The van der Waals surface area contributed by atoms with Crippen molar-refractivity contribution < 1.29 is 13.7 Å². The van der Waals surface area contributed by atoms with Gasteiger partial charge in [-0.2, -0.15) is 0 Å². The number of aryl methyl sites for hydroxylation is 1. The zero-order valence-electron chi connectivity index (χ0n) is 13.8. The number of aromatic nitrogens is 3. The molecular formula is C19H14IN3O3. The van der Waals surface area contributed by atoms with Gasteiger partial charge >= 0.3 is 0 Å². The molecule has 0 radical (unpaired) electrons. The SMILES string of the molecule is Cc1onc(-c2ccccc2)c1-c1nnc(COc2ccccc2I)o1. The van der Waals surface area contributed by atoms with E-state index < -0.39 is 0 Å². The van der Waals surface area contributed by atoms with E-state index in [9.17, 15) is 0 Å². The molecule has 26 heavy (non-hydrogen) atoms. The van der Waals surface area contributed by atoms with Crippen molar-refractivity contribution in [2.24, 2.45) is 0 Å². The monoisotopic (exact) mass is 459 g/mol. The van der Waals surface area contributed by atoms with Gasteiger partial charge in [-0.3, -0.25) is 0 Å². The minimum absolute atomic E-state index is 0.192. The minimum Gasteiger partial charge on any atom is -0.483 e. The molecule has 7 heteroatoms. The molecule has 2 aromatic heterocycles. The number of hydrogen-bond acceptors (Lipinski definition) is 6. The van der Waals surface area contributed by atoms with Crippen LogP contribution in [0.5, 0.6) is 5.75 Å². The summed E-state index contributed by atoms with van der Waals surface area (Å²) in [5.41, 5.74) is 2.30. The lowest BCUT2D eigenvalue weighted by atomic mass is 10.1. The lowest BCUT2D eigenvalue weighted by Gasteiger charge is -2.04. The summed E-state index contributed by atoms with van der Waals surface area (Å²) in [7, 11) is 0. The van der Waals surface area contributed by atoms with Gasteiger partial charge < -0.3 is 13.7 Å². The number of ether oxygens (including phenoxy) is 1. The van der Waals surface area contributed by atoms with Crippen LogP contribution >= 0.6 is 22.6 Å². The first-order valence-electron chi connectivity index (χ1n) is 7.94. The fourth-order valence-electron chi connectivity index (χ4n) is 2.53. The number of halogens is 1. The zero-order valence-corrected chi connectivity index (χ0v) is 16.0. The highest BCUT2D eigenvalue weighted by Crippen LogP contribution is 2.33. The molecule has 0 aliphatic carbocycles. The van der Waals surface area contributed by atoms with E-state index in [4.69, 9.17) is 13.7 Å². The molecule has 0 bridgehead atoms. The van der Waals surface area contributed by atoms with Crippen molar-refractivity contribution in [2.45, 2.75) is 13.5 Å². The third-order valence-corrected chi connectivity index (χ3v) is 4.67. The van der Waals surface area contributed by atoms with Crippen LogP contribution in [-0.4, -0.2) is 15.4 Å². The van der Waals surface area contributed by atoms with Gasteiger partial charge in [0.15, 0.2) is 6.61 Å². The predicted molar refractivity (Wildman–Crippen MR) is 103 cm³/mol. The van der Waals surface area contributed by atoms with E-state index in [0.717, 1.165) is 14.9 Å². The number of benzene rings is 2. The van der Waals surface area contributed by atoms with Crippen molar-refractivity contribution in [1.29, 1.82) is 0 Å². The number of nitrogens with zero attached hydrogens (tertiary/aromatic N) is 3. The van der Waals surface area contributed by atoms with Gasteiger partial charge in [0.2, 0.25) is 0 Å². The average Bonchev–Trinajstić information content (AvgIpc) is 3.28. The van der Waals surface area contributed by atoms with Crippen LogP contribution in [0, 0.1) is 10.5 Å². The smallest absolute Gasteiger partial charge is 0.254 e. The van der Waals surface area contributed by atoms with E-state index in [-0.39, 0.29) is 6.61 Å². The van der Waals surface area contributed by atoms with Crippen molar-refractivity contribution in [3.8, 4) is 28.5 Å². The fourth-order valence-corrected chi connectivity index (χ4v) is 3.07. The average molecular weight is 459 g/mol. The van der Waals surface area contributed by atoms with Gasteiger partial charge in [0.25, 0.3) is 11.8 Å². The Balaban J connectivity index is 1.59. The largest absolute Gasteiger partial charge is 0.483 e. The van der Waals surface area contributed by atoms with Crippen molar-refractivity contribution >= 4 is 22.6 Å². The Morgan fingerprint density at radius 2 is 1.77 bits per heavy atom. The molecule has 4 aromatic rings. The van der Waals surface area contributed by atoms with Gasteiger partial charge in [0.1, 0.15) is 22.8 Å². The molecular weight excluding hydrogens is 445 g/mol. The van der Waals surface area contributed by atoms with Crippen LogP contribution in [0.25, 0.3) is 22.7 Å². The molecule has 6 nitrogen and oxygen atoms in total. The van der Waals surface area contributed by atoms with Crippen LogP contribution in [0.15, 0.2) is 63.5 Å². The number of rotatable bonds is 5. The summed E-state index contributed by atoms with van der Waals surface area (Å²) >= 11 is 2.22. The van der Waals surface area contributed by atoms with Crippen LogP contribution in [0.4, 0.5) is 0 Å². The summed E-state index contributed by atoms with van der Waals surface area (Å²) in [5, 5.41) is 12.4. The van der Waals surface area contributed by atoms with Gasteiger partial charge in [-0.1, -0.05) is 47.6 Å². The summed E-state index contributed by atoms with van der Waals surface area (Å²) in [6.07, 6.45) is 0. The van der Waals surface area contributed by atoms with E-state index in [1.807, 2.05) is 61.5 Å². The maximum Gasteiger partial charge on any atom is 0.254 e. The standard InChI is InChI=1S/C19H14IN3O3/c1-12-17(18(23-26-12)13-7-3-2-4-8-13)19-22-21-16(25-19)11-24-15-10-6-5-9-14(15)20/h2-10H,11H2,1H3. The summed E-state index contributed by atoms with van der Waals surface area (Å²) in [6.45, 7) is 2.01. The van der Waals surface area contributed by atoms with Crippen LogP contribution < -0.4 is 4.74 Å². The molecule has 0 N–H and O–H groups in total. The molecule has 0 unspecified atom stereocenters. The van der Waals surface area contributed by atoms with E-state index in [1.165, 1.54) is 0 Å². The highest BCUT2D eigenvalue weighted by molar-refractivity contribution is 14.1. The second-order valence-electron chi connectivity index (χ2n) is 5.55. The Bertz CT molecular complexity index is 1030. The van der Waals surface area contributed by atoms with Crippen LogP contribution in [0.2, 0.25) is 0 Å². The molecule has 4 rings (SSSR count). The van der Waals surface area contributed by atoms with E-state index in [2.05, 4.69) is 37.9 Å². The van der Waals surface area contributed by atoms with Gasteiger partial charge in [-0.05, 0) is 41.6 Å². The first-order chi connectivity index (χ1) is 12.7. The van der Waals surface area contributed by atoms with Gasteiger partial charge in [-0.15, -0.1) is 10.2 Å². The summed E-state index contributed by atoms with van der Waals surface area (Å²) in [6, 6.07) is 17.5. The third-order valence-electron chi connectivity index (χ3n) is 3.78. The Hall–Kier alpha value is -2.68. The molecule has 0 fully saturated rings. The predicted octanol–water partition coefficient (Wildman–Crippen LogP) is 4.88. The van der Waals surface area contributed by atoms with E-state index in [0.29, 0.717) is 28.8 Å². The number of para-hydroxylation sites is 1. The summed E-state index contributed by atoms with van der Waals surface area (Å²) in [5.74, 6) is 2.15. The Labute approximate surface area is 163 Å². The second kappa shape index (κ2) is 7.28. The molecule has 2 heterocycles. The zero-order chi connectivity index (χ0) is 17.9. The maximum atomic E-state index is 5.78. The van der Waals surface area contributed by atoms with E-state index >= 15 is 0 Å². The lowest BCUT2D eigenvalue weighted by Crippen LogP contribution is -1.97. The van der Waals surface area contributed by atoms with Gasteiger partial charge in [0.05, 0.1) is 3.57 Å². The summed E-state index contributed by atoms with van der Waals surface area (Å²) in [4.78, 5) is 0. The van der Waals surface area contributed by atoms with Gasteiger partial charge in [0, 0.05) is 5.56 Å². The number of hydrogen-bond donors (Lipinski definition) is 0. The molecule has 0 amide bonds. The normalized spacial score (nSPS) is 10.8. The quantitative estimate of drug-likeness (QED) is 0.396. The van der Waals surface area contributed by atoms with Crippen molar-refractivity contribution in [1.82, 2.24) is 15.4 Å². The van der Waals surface area contributed by atoms with Crippen LogP contribution in [0.1, 0.15) is 11.7 Å². The Kier molecular flexibility index (Phi) is 4.70. The molecule has 0 aliphatic heterocycles. The van der Waals surface area contributed by atoms with Crippen LogP contribution in [-0.2, 0) is 6.61 Å². The maximum absolute atomic E-state index is 5.78. The summed E-state index contributed by atoms with van der Waals surface area (Å²) < 4.78 is 17.9. The molecule has 0 aliphatic rings. The Morgan fingerprint density at radius 3 is 2.58 bits per heavy atom. The van der Waals surface area contributed by atoms with Gasteiger partial charge in [-0.25, -0.2) is 0 Å². The molecule has 0 atom stereocenters. The van der Waals surface area contributed by atoms with Crippen molar-refractivity contribution in [2.75, 3.05) is 0 Å². The lowest BCUT2D eigenvalue weighted by molar-refractivity contribution is 0.263. The molecule has 130 valence electrons. The second-order valence-corrected chi connectivity index (χ2v) is 6.71. The van der Waals surface area contributed by atoms with Crippen molar-refractivity contribution in [3.63, 3.8) is 0 Å². The van der Waals surface area contributed by atoms with Crippen molar-refractivity contribution in [3.05, 3.63) is 69.8 Å². The first kappa shape index (κ1) is 16.8. The highest BCUT2D eigenvalue weighted by atomic mass is 127. The fraction of sp³-hybridized carbons (Fsp3) is 0.105.